The number of esters is 1. The third kappa shape index (κ3) is 3.02. The van der Waals surface area contributed by atoms with Gasteiger partial charge in [-0.15, -0.1) is 0 Å². The van der Waals surface area contributed by atoms with Crippen LogP contribution in [0.5, 0.6) is 0 Å². The van der Waals surface area contributed by atoms with E-state index in [2.05, 4.69) is 0 Å². The molecule has 0 unspecified atom stereocenters. The van der Waals surface area contributed by atoms with E-state index in [0.717, 1.165) is 11.1 Å². The van der Waals surface area contributed by atoms with E-state index in [1.807, 2.05) is 20.8 Å². The molecule has 1 aromatic carbocycles. The first kappa shape index (κ1) is 15.0. The lowest BCUT2D eigenvalue weighted by molar-refractivity contribution is 0.0581. The van der Waals surface area contributed by atoms with Gasteiger partial charge >= 0.3 is 11.9 Å². The molecular weight excluding hydrogens is 244 g/mol. The number of carbonyl (C=O) groups excluding carboxylic acids is 1. The van der Waals surface area contributed by atoms with E-state index in [1.165, 1.54) is 7.11 Å². The van der Waals surface area contributed by atoms with E-state index < -0.39 is 11.9 Å². The van der Waals surface area contributed by atoms with Crippen molar-refractivity contribution in [1.82, 2.24) is 0 Å². The fourth-order valence-corrected chi connectivity index (χ4v) is 1.96. The predicted octanol–water partition coefficient (Wildman–Crippen LogP) is 3.21. The van der Waals surface area contributed by atoms with E-state index in [4.69, 9.17) is 4.74 Å². The Bertz CT molecular complexity index is 564. The van der Waals surface area contributed by atoms with Crippen LogP contribution in [-0.4, -0.2) is 24.2 Å². The number of aromatic carboxylic acids is 1. The fourth-order valence-electron chi connectivity index (χ4n) is 1.96. The Morgan fingerprint density at radius 3 is 2.21 bits per heavy atom. The Morgan fingerprint density at radius 1 is 1.21 bits per heavy atom. The van der Waals surface area contributed by atoms with Crippen molar-refractivity contribution in [1.29, 1.82) is 0 Å². The zero-order chi connectivity index (χ0) is 14.7. The van der Waals surface area contributed by atoms with E-state index in [1.54, 1.807) is 19.1 Å². The molecule has 1 rings (SSSR count). The maximum Gasteiger partial charge on any atom is 0.339 e. The first-order valence-electron chi connectivity index (χ1n) is 5.90. The Labute approximate surface area is 112 Å². The smallest absolute Gasteiger partial charge is 0.339 e. The lowest BCUT2D eigenvalue weighted by Crippen LogP contribution is -2.15. The van der Waals surface area contributed by atoms with Crippen LogP contribution in [-0.2, 0) is 4.74 Å². The molecule has 102 valence electrons. The second-order valence-electron chi connectivity index (χ2n) is 4.68. The maximum atomic E-state index is 11.8. The molecule has 0 fully saturated rings. The molecule has 0 radical (unpaired) electrons. The molecule has 0 saturated carbocycles. The van der Waals surface area contributed by atoms with Crippen LogP contribution in [0.4, 0.5) is 0 Å². The minimum Gasteiger partial charge on any atom is -0.478 e. The zero-order valence-corrected chi connectivity index (χ0v) is 11.8. The van der Waals surface area contributed by atoms with Crippen molar-refractivity contribution >= 4 is 18.0 Å². The number of hydrogen-bond acceptors (Lipinski definition) is 3. The second kappa shape index (κ2) is 5.69. The molecule has 0 aliphatic carbocycles. The highest BCUT2D eigenvalue weighted by Crippen LogP contribution is 2.25. The standard InChI is InChI=1S/C15H18O4/c1-8(2)6-11-7-9(3)10(4)12(15(18)19-5)13(11)14(16)17/h6-7H,1-5H3,(H,16,17). The van der Waals surface area contributed by atoms with Crippen LogP contribution in [0.3, 0.4) is 0 Å². The van der Waals surface area contributed by atoms with Crippen molar-refractivity contribution in [2.75, 3.05) is 7.11 Å². The fraction of sp³-hybridized carbons (Fsp3) is 0.333. The largest absolute Gasteiger partial charge is 0.478 e. The average molecular weight is 262 g/mol. The monoisotopic (exact) mass is 262 g/mol. The summed E-state index contributed by atoms with van der Waals surface area (Å²) in [6.45, 7) is 7.31. The quantitative estimate of drug-likeness (QED) is 0.849. The number of ether oxygens (including phenoxy) is 1. The van der Waals surface area contributed by atoms with Crippen LogP contribution in [0.15, 0.2) is 11.6 Å². The van der Waals surface area contributed by atoms with E-state index in [-0.39, 0.29) is 11.1 Å². The number of methoxy groups -OCH3 is 1. The van der Waals surface area contributed by atoms with Gasteiger partial charge in [-0.3, -0.25) is 0 Å². The van der Waals surface area contributed by atoms with Gasteiger partial charge in [0.1, 0.15) is 0 Å². The molecule has 0 heterocycles. The molecule has 0 spiro atoms. The van der Waals surface area contributed by atoms with Gasteiger partial charge in [0.25, 0.3) is 0 Å². The summed E-state index contributed by atoms with van der Waals surface area (Å²) in [7, 11) is 1.25. The van der Waals surface area contributed by atoms with Gasteiger partial charge in [0.05, 0.1) is 18.2 Å². The molecule has 0 atom stereocenters. The van der Waals surface area contributed by atoms with E-state index in [9.17, 15) is 14.7 Å². The summed E-state index contributed by atoms with van der Waals surface area (Å²) in [5, 5.41) is 9.38. The third-order valence-corrected chi connectivity index (χ3v) is 2.92. The van der Waals surface area contributed by atoms with Crippen molar-refractivity contribution in [3.8, 4) is 0 Å². The van der Waals surface area contributed by atoms with Crippen LogP contribution in [0, 0.1) is 13.8 Å². The van der Waals surface area contributed by atoms with Gasteiger partial charge in [0.15, 0.2) is 0 Å². The summed E-state index contributed by atoms with van der Waals surface area (Å²) in [4.78, 5) is 23.3. The molecule has 0 amide bonds. The molecule has 0 aliphatic heterocycles. The molecule has 0 bridgehead atoms. The normalized spacial score (nSPS) is 9.95. The van der Waals surface area contributed by atoms with Crippen LogP contribution >= 0.6 is 0 Å². The van der Waals surface area contributed by atoms with Crippen molar-refractivity contribution in [2.45, 2.75) is 27.7 Å². The number of carboxylic acid groups (broad SMARTS) is 1. The minimum absolute atomic E-state index is 0.00356. The second-order valence-corrected chi connectivity index (χ2v) is 4.68. The highest BCUT2D eigenvalue weighted by Gasteiger charge is 2.24. The molecule has 19 heavy (non-hydrogen) atoms. The third-order valence-electron chi connectivity index (χ3n) is 2.92. The van der Waals surface area contributed by atoms with Crippen LogP contribution in [0.25, 0.3) is 6.08 Å². The molecule has 0 saturated heterocycles. The molecule has 1 N–H and O–H groups in total. The van der Waals surface area contributed by atoms with Crippen LogP contribution in [0.2, 0.25) is 0 Å². The summed E-state index contributed by atoms with van der Waals surface area (Å²) < 4.78 is 4.70. The van der Waals surface area contributed by atoms with Crippen molar-refractivity contribution in [3.05, 3.63) is 39.5 Å². The van der Waals surface area contributed by atoms with E-state index in [0.29, 0.717) is 11.1 Å². The first-order valence-corrected chi connectivity index (χ1v) is 5.90. The summed E-state index contributed by atoms with van der Waals surface area (Å²) in [6.07, 6.45) is 1.75. The number of allylic oxidation sites excluding steroid dienone is 1. The molecule has 0 aromatic heterocycles. The first-order chi connectivity index (χ1) is 8.79. The van der Waals surface area contributed by atoms with Gasteiger partial charge in [-0.05, 0) is 44.4 Å². The Kier molecular flexibility index (Phi) is 4.48. The maximum absolute atomic E-state index is 11.8. The summed E-state index contributed by atoms with van der Waals surface area (Å²) >= 11 is 0. The van der Waals surface area contributed by atoms with Gasteiger partial charge in [-0.25, -0.2) is 9.59 Å². The SMILES string of the molecule is COC(=O)c1c(C)c(C)cc(C=C(C)C)c1C(=O)O. The Morgan fingerprint density at radius 2 is 1.79 bits per heavy atom. The van der Waals surface area contributed by atoms with Crippen LogP contribution in [0.1, 0.15) is 51.3 Å². The van der Waals surface area contributed by atoms with Gasteiger partial charge in [-0.2, -0.15) is 0 Å². The molecular formula is C15H18O4. The molecule has 1 aromatic rings. The van der Waals surface area contributed by atoms with Crippen molar-refractivity contribution in [3.63, 3.8) is 0 Å². The average Bonchev–Trinajstić information content (AvgIpc) is 2.30. The number of carboxylic acids is 1. The molecule has 4 heteroatoms. The number of aryl methyl sites for hydroxylation is 1. The van der Waals surface area contributed by atoms with Crippen molar-refractivity contribution < 1.29 is 19.4 Å². The number of hydrogen-bond donors (Lipinski definition) is 1. The summed E-state index contributed by atoms with van der Waals surface area (Å²) in [6, 6.07) is 1.78. The molecule has 4 nitrogen and oxygen atoms in total. The topological polar surface area (TPSA) is 63.6 Å². The van der Waals surface area contributed by atoms with Gasteiger partial charge in [0, 0.05) is 0 Å². The lowest BCUT2D eigenvalue weighted by atomic mass is 9.92. The van der Waals surface area contributed by atoms with E-state index >= 15 is 0 Å². The summed E-state index contributed by atoms with van der Waals surface area (Å²) in [5.41, 5.74) is 3.10. The van der Waals surface area contributed by atoms with Gasteiger partial charge < -0.3 is 9.84 Å². The molecule has 0 aliphatic rings. The summed E-state index contributed by atoms with van der Waals surface area (Å²) in [5.74, 6) is -1.75. The number of rotatable bonds is 3. The minimum atomic E-state index is -1.13. The zero-order valence-electron chi connectivity index (χ0n) is 11.8. The van der Waals surface area contributed by atoms with Crippen LogP contribution < -0.4 is 0 Å². The highest BCUT2D eigenvalue weighted by molar-refractivity contribution is 6.06. The van der Waals surface area contributed by atoms with Gasteiger partial charge in [0.2, 0.25) is 0 Å². The Hall–Kier alpha value is -2.10. The number of benzene rings is 1. The van der Waals surface area contributed by atoms with Gasteiger partial charge in [-0.1, -0.05) is 17.7 Å². The highest BCUT2D eigenvalue weighted by atomic mass is 16.5. The lowest BCUT2D eigenvalue weighted by Gasteiger charge is -2.14. The Balaban J connectivity index is 3.77. The van der Waals surface area contributed by atoms with Crippen molar-refractivity contribution in [2.24, 2.45) is 0 Å². The number of carbonyl (C=O) groups is 2. The predicted molar refractivity (Wildman–Crippen MR) is 73.5 cm³/mol.